The summed E-state index contributed by atoms with van der Waals surface area (Å²) in [5.41, 5.74) is 15.3. The molecule has 0 saturated carbocycles. The Balaban J connectivity index is 1.04. The average molecular weight is 829 g/mol. The van der Waals surface area contributed by atoms with Gasteiger partial charge in [-0.2, -0.15) is 0 Å². The number of benzene rings is 11. The number of anilines is 3. The van der Waals surface area contributed by atoms with Crippen LogP contribution < -0.4 is 4.90 Å². The van der Waals surface area contributed by atoms with E-state index in [0.717, 1.165) is 61.2 Å². The summed E-state index contributed by atoms with van der Waals surface area (Å²) in [5, 5.41) is 9.46. The maximum atomic E-state index is 6.95. The van der Waals surface area contributed by atoms with Gasteiger partial charge in [-0.3, -0.25) is 0 Å². The zero-order chi connectivity index (χ0) is 42.8. The number of rotatable bonds is 7. The third-order valence-electron chi connectivity index (χ3n) is 13.2. The molecule has 2 heterocycles. The third kappa shape index (κ3) is 6.12. The van der Waals surface area contributed by atoms with E-state index in [1.807, 2.05) is 0 Å². The van der Waals surface area contributed by atoms with Crippen molar-refractivity contribution in [3.63, 3.8) is 0 Å². The van der Waals surface area contributed by atoms with Gasteiger partial charge >= 0.3 is 0 Å². The molecule has 13 rings (SSSR count). The summed E-state index contributed by atoms with van der Waals surface area (Å²) in [4.78, 5) is 2.37. The lowest BCUT2D eigenvalue weighted by atomic mass is 9.94. The van der Waals surface area contributed by atoms with Gasteiger partial charge in [0.2, 0.25) is 0 Å². The SMILES string of the molecule is c1ccc(-c2ccc(-n3c4cc(N(c5ccc(-c6ccccc6-c6ccccc6)cc5)c5cccc6c5oc5cc7ccccc7cc56)ccc4c4c5ccccc5ccc43)cc2)cc1. The standard InChI is InChI=1S/C62H40N2O/c1-3-14-41(15-4-1)42-26-31-49(32-27-42)64-57-37-30-44-18-9-10-23-53(44)61(57)55-36-35-50(40-59(55)64)63(48-33-28-45(29-34-48)52-22-12-11-21-51(52)43-16-5-2-6-17-43)58-25-13-24-54-56-38-46-19-7-8-20-47(46)39-60(56)65-62(54)58/h1-40H. The number of aromatic nitrogens is 1. The van der Waals surface area contributed by atoms with Gasteiger partial charge in [-0.15, -0.1) is 0 Å². The van der Waals surface area contributed by atoms with Crippen molar-refractivity contribution in [2.24, 2.45) is 0 Å². The van der Waals surface area contributed by atoms with Gasteiger partial charge in [-0.1, -0.05) is 182 Å². The van der Waals surface area contributed by atoms with Gasteiger partial charge in [0, 0.05) is 38.6 Å². The fourth-order valence-electron chi connectivity index (χ4n) is 10.1. The van der Waals surface area contributed by atoms with Crippen LogP contribution >= 0.6 is 0 Å². The molecule has 65 heavy (non-hydrogen) atoms. The first-order valence-electron chi connectivity index (χ1n) is 22.2. The van der Waals surface area contributed by atoms with Crippen LogP contribution in [0.15, 0.2) is 247 Å². The van der Waals surface area contributed by atoms with Crippen LogP contribution in [0.2, 0.25) is 0 Å². The molecule has 304 valence electrons. The van der Waals surface area contributed by atoms with Gasteiger partial charge in [0.15, 0.2) is 5.58 Å². The molecule has 0 amide bonds. The Morgan fingerprint density at radius 1 is 0.338 bits per heavy atom. The van der Waals surface area contributed by atoms with Crippen LogP contribution in [0.25, 0.3) is 104 Å². The average Bonchev–Trinajstić information content (AvgIpc) is 3.92. The Kier molecular flexibility index (Phi) is 8.53. The van der Waals surface area contributed by atoms with Gasteiger partial charge in [0.25, 0.3) is 0 Å². The molecule has 11 aromatic carbocycles. The molecule has 0 saturated heterocycles. The number of hydrogen-bond acceptors (Lipinski definition) is 2. The topological polar surface area (TPSA) is 21.3 Å². The summed E-state index contributed by atoms with van der Waals surface area (Å²) in [6, 6.07) is 87.6. The van der Waals surface area contributed by atoms with E-state index in [-0.39, 0.29) is 0 Å². The lowest BCUT2D eigenvalue weighted by Gasteiger charge is -2.26. The van der Waals surface area contributed by atoms with Crippen molar-refractivity contribution < 1.29 is 4.42 Å². The second-order valence-electron chi connectivity index (χ2n) is 16.9. The van der Waals surface area contributed by atoms with Crippen LogP contribution in [0.5, 0.6) is 0 Å². The molecule has 0 fully saturated rings. The van der Waals surface area contributed by atoms with E-state index >= 15 is 0 Å². The molecule has 0 atom stereocenters. The molecule has 0 N–H and O–H groups in total. The van der Waals surface area contributed by atoms with Crippen molar-refractivity contribution in [1.82, 2.24) is 4.57 Å². The van der Waals surface area contributed by atoms with Crippen LogP contribution in [-0.2, 0) is 0 Å². The minimum Gasteiger partial charge on any atom is -0.454 e. The minimum atomic E-state index is 0.847. The Hall–Kier alpha value is -8.66. The second kappa shape index (κ2) is 15.0. The lowest BCUT2D eigenvalue weighted by Crippen LogP contribution is -2.10. The maximum Gasteiger partial charge on any atom is 0.159 e. The quantitative estimate of drug-likeness (QED) is 0.160. The van der Waals surface area contributed by atoms with E-state index in [9.17, 15) is 0 Å². The first kappa shape index (κ1) is 36.9. The molecule has 13 aromatic rings. The highest BCUT2D eigenvalue weighted by atomic mass is 16.3. The fraction of sp³-hybridized carbons (Fsp3) is 0. The molecule has 0 aliphatic rings. The molecule has 0 spiro atoms. The summed E-state index contributed by atoms with van der Waals surface area (Å²) in [5.74, 6) is 0. The van der Waals surface area contributed by atoms with Crippen LogP contribution in [0.3, 0.4) is 0 Å². The number of fused-ring (bicyclic) bond motifs is 9. The van der Waals surface area contributed by atoms with Gasteiger partial charge < -0.3 is 13.9 Å². The minimum absolute atomic E-state index is 0.847. The summed E-state index contributed by atoms with van der Waals surface area (Å²) in [7, 11) is 0. The molecule has 0 bridgehead atoms. The third-order valence-corrected chi connectivity index (χ3v) is 13.2. The molecule has 0 unspecified atom stereocenters. The summed E-state index contributed by atoms with van der Waals surface area (Å²) < 4.78 is 9.39. The zero-order valence-electron chi connectivity index (χ0n) is 35.4. The Bertz CT molecular complexity index is 3920. The van der Waals surface area contributed by atoms with Crippen LogP contribution in [-0.4, -0.2) is 4.57 Å². The second-order valence-corrected chi connectivity index (χ2v) is 16.9. The van der Waals surface area contributed by atoms with E-state index in [4.69, 9.17) is 4.42 Å². The van der Waals surface area contributed by atoms with Crippen LogP contribution in [0, 0.1) is 0 Å². The fourth-order valence-corrected chi connectivity index (χ4v) is 10.1. The van der Waals surface area contributed by atoms with Crippen molar-refractivity contribution in [2.75, 3.05) is 4.90 Å². The van der Waals surface area contributed by atoms with E-state index in [1.165, 1.54) is 60.3 Å². The highest BCUT2D eigenvalue weighted by molar-refractivity contribution is 6.22. The zero-order valence-corrected chi connectivity index (χ0v) is 35.4. The highest BCUT2D eigenvalue weighted by Gasteiger charge is 2.23. The van der Waals surface area contributed by atoms with Crippen molar-refractivity contribution in [3.05, 3.63) is 243 Å². The lowest BCUT2D eigenvalue weighted by molar-refractivity contribution is 0.669. The number of hydrogen-bond donors (Lipinski definition) is 0. The van der Waals surface area contributed by atoms with Crippen molar-refractivity contribution in [1.29, 1.82) is 0 Å². The predicted octanol–water partition coefficient (Wildman–Crippen LogP) is 17.5. The molecular weight excluding hydrogens is 789 g/mol. The summed E-state index contributed by atoms with van der Waals surface area (Å²) >= 11 is 0. The first-order chi connectivity index (χ1) is 32.2. The molecule has 0 aliphatic heterocycles. The van der Waals surface area contributed by atoms with Crippen molar-refractivity contribution in [3.8, 4) is 39.1 Å². The summed E-state index contributed by atoms with van der Waals surface area (Å²) in [6.45, 7) is 0. The highest BCUT2D eigenvalue weighted by Crippen LogP contribution is 2.46. The van der Waals surface area contributed by atoms with Crippen LogP contribution in [0.1, 0.15) is 0 Å². The monoisotopic (exact) mass is 828 g/mol. The number of para-hydroxylation sites is 1. The molecule has 3 nitrogen and oxygen atoms in total. The molecule has 3 heteroatoms. The Labute approximate surface area is 376 Å². The molecule has 0 radical (unpaired) electrons. The van der Waals surface area contributed by atoms with E-state index in [0.29, 0.717) is 0 Å². The smallest absolute Gasteiger partial charge is 0.159 e. The largest absolute Gasteiger partial charge is 0.454 e. The van der Waals surface area contributed by atoms with Gasteiger partial charge in [0.05, 0.1) is 16.7 Å². The number of furan rings is 1. The van der Waals surface area contributed by atoms with Crippen LogP contribution in [0.4, 0.5) is 17.1 Å². The van der Waals surface area contributed by atoms with E-state index in [2.05, 4.69) is 252 Å². The predicted molar refractivity (Wildman–Crippen MR) is 274 cm³/mol. The normalized spacial score (nSPS) is 11.7. The molecule has 0 aliphatic carbocycles. The van der Waals surface area contributed by atoms with Gasteiger partial charge in [-0.05, 0) is 116 Å². The van der Waals surface area contributed by atoms with E-state index in [1.54, 1.807) is 0 Å². The van der Waals surface area contributed by atoms with Gasteiger partial charge in [-0.25, -0.2) is 0 Å². The maximum absolute atomic E-state index is 6.95. The van der Waals surface area contributed by atoms with Crippen molar-refractivity contribution in [2.45, 2.75) is 0 Å². The van der Waals surface area contributed by atoms with Gasteiger partial charge in [0.1, 0.15) is 5.58 Å². The summed E-state index contributed by atoms with van der Waals surface area (Å²) in [6.07, 6.45) is 0. The molecular formula is C62H40N2O. The van der Waals surface area contributed by atoms with E-state index < -0.39 is 0 Å². The first-order valence-corrected chi connectivity index (χ1v) is 22.2. The van der Waals surface area contributed by atoms with Crippen molar-refractivity contribution >= 4 is 82.4 Å². The Morgan fingerprint density at radius 2 is 0.923 bits per heavy atom. The molecule has 2 aromatic heterocycles. The Morgan fingerprint density at radius 3 is 1.68 bits per heavy atom. The number of nitrogens with zero attached hydrogens (tertiary/aromatic N) is 2.